The van der Waals surface area contributed by atoms with Crippen molar-refractivity contribution in [3.8, 4) is 0 Å². The van der Waals surface area contributed by atoms with Crippen molar-refractivity contribution in [3.05, 3.63) is 47.5 Å². The topological polar surface area (TPSA) is 59.8 Å². The zero-order valence-electron chi connectivity index (χ0n) is 12.7. The Kier molecular flexibility index (Phi) is 5.04. The van der Waals surface area contributed by atoms with Crippen molar-refractivity contribution in [2.45, 2.75) is 31.9 Å². The van der Waals surface area contributed by atoms with E-state index in [1.807, 2.05) is 0 Å². The van der Waals surface area contributed by atoms with Crippen LogP contribution < -0.4 is 5.32 Å². The molecule has 1 aromatic heterocycles. The van der Waals surface area contributed by atoms with Crippen LogP contribution in [0.1, 0.15) is 28.4 Å². The predicted molar refractivity (Wildman–Crippen MR) is 73.4 cm³/mol. The van der Waals surface area contributed by atoms with E-state index in [9.17, 15) is 31.1 Å². The Morgan fingerprint density at radius 2 is 1.68 bits per heavy atom. The van der Waals surface area contributed by atoms with E-state index >= 15 is 0 Å². The van der Waals surface area contributed by atoms with Crippen LogP contribution in [0.25, 0.3) is 0 Å². The molecule has 2 aromatic rings. The maximum atomic E-state index is 12.8. The third-order valence-electron chi connectivity index (χ3n) is 3.15. The minimum Gasteiger partial charge on any atom is -0.348 e. The highest BCUT2D eigenvalue weighted by Crippen LogP contribution is 2.36. The van der Waals surface area contributed by atoms with Crippen molar-refractivity contribution in [2.24, 2.45) is 0 Å². The van der Waals surface area contributed by atoms with Crippen molar-refractivity contribution in [3.63, 3.8) is 0 Å². The fourth-order valence-electron chi connectivity index (χ4n) is 2.05. The Balaban J connectivity index is 2.25. The monoisotopic (exact) mass is 366 g/mol. The summed E-state index contributed by atoms with van der Waals surface area (Å²) in [6, 6.07) is 0.132. The summed E-state index contributed by atoms with van der Waals surface area (Å²) >= 11 is 0. The summed E-state index contributed by atoms with van der Waals surface area (Å²) in [6.07, 6.45) is -7.42. The second kappa shape index (κ2) is 6.73. The zero-order valence-corrected chi connectivity index (χ0v) is 12.7. The molecule has 0 saturated heterocycles. The Hall–Kier alpha value is -2.59. The summed E-state index contributed by atoms with van der Waals surface area (Å²) in [7, 11) is 0. The number of hydrogen-bond acceptors (Lipinski definition) is 3. The van der Waals surface area contributed by atoms with E-state index in [4.69, 9.17) is 0 Å². The van der Waals surface area contributed by atoms with Gasteiger partial charge in [0, 0.05) is 11.6 Å². The van der Waals surface area contributed by atoms with Crippen molar-refractivity contribution < 1.29 is 31.1 Å². The second-order valence-electron chi connectivity index (χ2n) is 5.29. The van der Waals surface area contributed by atoms with Gasteiger partial charge in [-0.15, -0.1) is 0 Å². The van der Waals surface area contributed by atoms with Gasteiger partial charge in [-0.1, -0.05) is 0 Å². The van der Waals surface area contributed by atoms with Crippen LogP contribution in [0.15, 0.2) is 30.9 Å². The lowest BCUT2D eigenvalue weighted by molar-refractivity contribution is -0.143. The lowest BCUT2D eigenvalue weighted by Gasteiger charge is -2.16. The summed E-state index contributed by atoms with van der Waals surface area (Å²) in [4.78, 5) is 15.7. The number of rotatable bonds is 4. The molecule has 0 fully saturated rings. The van der Waals surface area contributed by atoms with Crippen LogP contribution in [-0.4, -0.2) is 26.7 Å². The first-order chi connectivity index (χ1) is 11.5. The van der Waals surface area contributed by atoms with Crippen molar-refractivity contribution in [1.29, 1.82) is 0 Å². The molecular formula is C14H12F6N4O. The molecule has 0 aliphatic heterocycles. The standard InChI is InChI=1S/C14H12F6N4O/c1-8(5-24-7-21-6-22-24)23-12(25)9-2-10(13(15,16)17)4-11(3-9)14(18,19)20/h2-4,6-8H,5H2,1H3,(H,23,25)/t8-/m1/s1. The zero-order chi connectivity index (χ0) is 18.8. The third-order valence-corrected chi connectivity index (χ3v) is 3.15. The molecule has 1 amide bonds. The van der Waals surface area contributed by atoms with Gasteiger partial charge in [0.25, 0.3) is 5.91 Å². The number of hydrogen-bond donors (Lipinski definition) is 1. The van der Waals surface area contributed by atoms with Crippen LogP contribution in [0.3, 0.4) is 0 Å². The van der Waals surface area contributed by atoms with Crippen molar-refractivity contribution in [1.82, 2.24) is 20.1 Å². The van der Waals surface area contributed by atoms with Crippen LogP contribution in [0, 0.1) is 0 Å². The quantitative estimate of drug-likeness (QED) is 0.846. The van der Waals surface area contributed by atoms with Crippen LogP contribution in [0.5, 0.6) is 0 Å². The maximum absolute atomic E-state index is 12.8. The Morgan fingerprint density at radius 1 is 1.12 bits per heavy atom. The minimum absolute atomic E-state index is 0.0321. The SMILES string of the molecule is C[C@H](Cn1cncn1)NC(=O)c1cc(C(F)(F)F)cc(C(F)(F)F)c1. The first-order valence-electron chi connectivity index (χ1n) is 6.89. The number of alkyl halides is 6. The average Bonchev–Trinajstić information content (AvgIpc) is 2.97. The molecule has 25 heavy (non-hydrogen) atoms. The van der Waals surface area contributed by atoms with Gasteiger partial charge in [-0.25, -0.2) is 4.98 Å². The van der Waals surface area contributed by atoms with Gasteiger partial charge in [-0.2, -0.15) is 31.4 Å². The van der Waals surface area contributed by atoms with Gasteiger partial charge in [0.15, 0.2) is 0 Å². The fraction of sp³-hybridized carbons (Fsp3) is 0.357. The number of nitrogens with zero attached hydrogens (tertiary/aromatic N) is 3. The van der Waals surface area contributed by atoms with Gasteiger partial charge in [-0.05, 0) is 25.1 Å². The van der Waals surface area contributed by atoms with Crippen LogP contribution in [-0.2, 0) is 18.9 Å². The van der Waals surface area contributed by atoms with E-state index < -0.39 is 41.0 Å². The molecule has 0 aliphatic rings. The molecule has 2 rings (SSSR count). The van der Waals surface area contributed by atoms with Crippen molar-refractivity contribution >= 4 is 5.91 Å². The molecule has 0 unspecified atom stereocenters. The molecule has 0 aliphatic carbocycles. The largest absolute Gasteiger partial charge is 0.416 e. The van der Waals surface area contributed by atoms with E-state index in [0.717, 1.165) is 0 Å². The number of carbonyl (C=O) groups is 1. The van der Waals surface area contributed by atoms with Crippen LogP contribution in [0.4, 0.5) is 26.3 Å². The molecule has 1 heterocycles. The van der Waals surface area contributed by atoms with Gasteiger partial charge in [0.2, 0.25) is 0 Å². The van der Waals surface area contributed by atoms with E-state index in [-0.39, 0.29) is 12.6 Å². The number of benzene rings is 1. The Morgan fingerprint density at radius 3 is 2.12 bits per heavy atom. The highest BCUT2D eigenvalue weighted by molar-refractivity contribution is 5.94. The van der Waals surface area contributed by atoms with Crippen LogP contribution >= 0.6 is 0 Å². The first kappa shape index (κ1) is 18.7. The van der Waals surface area contributed by atoms with Gasteiger partial charge in [0.1, 0.15) is 12.7 Å². The number of halogens is 6. The van der Waals surface area contributed by atoms with Gasteiger partial charge >= 0.3 is 12.4 Å². The van der Waals surface area contributed by atoms with Gasteiger partial charge < -0.3 is 5.32 Å². The number of carbonyl (C=O) groups excluding carboxylic acids is 1. The first-order valence-corrected chi connectivity index (χ1v) is 6.89. The van der Waals surface area contributed by atoms with Crippen LogP contribution in [0.2, 0.25) is 0 Å². The summed E-state index contributed by atoms with van der Waals surface area (Å²) < 4.78 is 78.1. The van der Waals surface area contributed by atoms with Crippen molar-refractivity contribution in [2.75, 3.05) is 0 Å². The Labute approximate surface area is 137 Å². The fourth-order valence-corrected chi connectivity index (χ4v) is 2.05. The molecule has 136 valence electrons. The molecule has 1 N–H and O–H groups in total. The normalized spacial score (nSPS) is 13.6. The van der Waals surface area contributed by atoms with E-state index in [2.05, 4.69) is 15.4 Å². The molecular weight excluding hydrogens is 354 g/mol. The number of aromatic nitrogens is 3. The molecule has 0 bridgehead atoms. The molecule has 0 saturated carbocycles. The lowest BCUT2D eigenvalue weighted by Crippen LogP contribution is -2.36. The minimum atomic E-state index is -5.01. The molecule has 1 aromatic carbocycles. The van der Waals surface area contributed by atoms with Gasteiger partial charge in [-0.3, -0.25) is 9.48 Å². The highest BCUT2D eigenvalue weighted by atomic mass is 19.4. The number of amides is 1. The van der Waals surface area contributed by atoms with E-state index in [1.54, 1.807) is 0 Å². The highest BCUT2D eigenvalue weighted by Gasteiger charge is 2.37. The smallest absolute Gasteiger partial charge is 0.348 e. The average molecular weight is 366 g/mol. The summed E-state index contributed by atoms with van der Waals surface area (Å²) in [6.45, 7) is 1.68. The molecule has 0 spiro atoms. The Bertz CT molecular complexity index is 707. The van der Waals surface area contributed by atoms with E-state index in [1.165, 1.54) is 24.3 Å². The second-order valence-corrected chi connectivity index (χ2v) is 5.29. The summed E-state index contributed by atoms with van der Waals surface area (Å²) in [5.41, 5.74) is -3.82. The summed E-state index contributed by atoms with van der Waals surface area (Å²) in [5.74, 6) is -1.05. The lowest BCUT2D eigenvalue weighted by atomic mass is 10.0. The molecule has 0 radical (unpaired) electrons. The number of nitrogens with one attached hydrogen (secondary N) is 1. The van der Waals surface area contributed by atoms with E-state index in [0.29, 0.717) is 12.1 Å². The summed E-state index contributed by atoms with van der Waals surface area (Å²) in [5, 5.41) is 6.12. The van der Waals surface area contributed by atoms with Gasteiger partial charge in [0.05, 0.1) is 17.7 Å². The molecule has 1 atom stereocenters. The predicted octanol–water partition coefficient (Wildman–Crippen LogP) is 3.13. The molecule has 11 heteroatoms. The third kappa shape index (κ3) is 4.94. The maximum Gasteiger partial charge on any atom is 0.416 e. The molecule has 5 nitrogen and oxygen atoms in total.